The van der Waals surface area contributed by atoms with E-state index in [1.54, 1.807) is 7.11 Å². The minimum Gasteiger partial charge on any atom is -0.497 e. The number of esters is 1. The zero-order valence-electron chi connectivity index (χ0n) is 12.2. The number of carbonyl (C=O) groups excluding carboxylic acids is 1. The maximum absolute atomic E-state index is 12.0. The first kappa shape index (κ1) is 14.7. The third kappa shape index (κ3) is 3.65. The second kappa shape index (κ2) is 7.17. The maximum Gasteiger partial charge on any atom is 0.311 e. The summed E-state index contributed by atoms with van der Waals surface area (Å²) in [4.78, 5) is 12.0. The van der Waals surface area contributed by atoms with Gasteiger partial charge in [0.1, 0.15) is 5.75 Å². The van der Waals surface area contributed by atoms with Crippen molar-refractivity contribution in [2.24, 2.45) is 5.92 Å². The van der Waals surface area contributed by atoms with Gasteiger partial charge in [0.05, 0.1) is 19.6 Å². The lowest BCUT2D eigenvalue weighted by Gasteiger charge is -2.31. The van der Waals surface area contributed by atoms with Gasteiger partial charge in [0.2, 0.25) is 0 Å². The van der Waals surface area contributed by atoms with Gasteiger partial charge in [-0.25, -0.2) is 0 Å². The standard InChI is InChI=1S/C16H23NO3/c1-3-20-16(18)14-6-4-5-7-15(14)17-12-8-10-13(19-2)11-9-12/h8-11,14-15,17H,3-7H2,1-2H3. The average molecular weight is 277 g/mol. The molecule has 0 spiro atoms. The van der Waals surface area contributed by atoms with Gasteiger partial charge in [0.25, 0.3) is 0 Å². The molecule has 1 N–H and O–H groups in total. The number of methoxy groups -OCH3 is 1. The molecule has 1 aliphatic rings. The number of ether oxygens (including phenoxy) is 2. The maximum atomic E-state index is 12.0. The monoisotopic (exact) mass is 277 g/mol. The largest absolute Gasteiger partial charge is 0.497 e. The Bertz CT molecular complexity index is 430. The van der Waals surface area contributed by atoms with Crippen molar-refractivity contribution < 1.29 is 14.3 Å². The molecule has 4 heteroatoms. The zero-order valence-corrected chi connectivity index (χ0v) is 12.2. The minimum absolute atomic E-state index is 0.0363. The van der Waals surface area contributed by atoms with Gasteiger partial charge in [-0.3, -0.25) is 4.79 Å². The normalized spacial score (nSPS) is 22.1. The third-order valence-electron chi connectivity index (χ3n) is 3.80. The summed E-state index contributed by atoms with van der Waals surface area (Å²) in [7, 11) is 1.65. The molecule has 1 aromatic rings. The first-order chi connectivity index (χ1) is 9.74. The van der Waals surface area contributed by atoms with E-state index in [-0.39, 0.29) is 17.9 Å². The molecule has 2 unspecified atom stereocenters. The van der Waals surface area contributed by atoms with Gasteiger partial charge in [-0.15, -0.1) is 0 Å². The molecule has 1 aromatic carbocycles. The number of hydrogen-bond donors (Lipinski definition) is 1. The quantitative estimate of drug-likeness (QED) is 0.839. The van der Waals surface area contributed by atoms with Crippen molar-refractivity contribution in [1.29, 1.82) is 0 Å². The summed E-state index contributed by atoms with van der Waals surface area (Å²) in [5, 5.41) is 3.47. The summed E-state index contributed by atoms with van der Waals surface area (Å²) in [5.41, 5.74) is 1.02. The lowest BCUT2D eigenvalue weighted by atomic mass is 9.84. The van der Waals surface area contributed by atoms with Gasteiger partial charge in [-0.2, -0.15) is 0 Å². The Kier molecular flexibility index (Phi) is 5.27. The van der Waals surface area contributed by atoms with Crippen molar-refractivity contribution in [3.63, 3.8) is 0 Å². The summed E-state index contributed by atoms with van der Waals surface area (Å²) in [6, 6.07) is 7.97. The van der Waals surface area contributed by atoms with Crippen LogP contribution in [-0.2, 0) is 9.53 Å². The molecule has 0 radical (unpaired) electrons. The highest BCUT2D eigenvalue weighted by molar-refractivity contribution is 5.74. The van der Waals surface area contributed by atoms with Crippen LogP contribution >= 0.6 is 0 Å². The molecule has 1 fully saturated rings. The fourth-order valence-electron chi connectivity index (χ4n) is 2.74. The van der Waals surface area contributed by atoms with Crippen LogP contribution in [0.4, 0.5) is 5.69 Å². The van der Waals surface area contributed by atoms with Crippen molar-refractivity contribution in [3.05, 3.63) is 24.3 Å². The highest BCUT2D eigenvalue weighted by atomic mass is 16.5. The fraction of sp³-hybridized carbons (Fsp3) is 0.562. The summed E-state index contributed by atoms with van der Waals surface area (Å²) in [5.74, 6) is 0.727. The van der Waals surface area contributed by atoms with Gasteiger partial charge in [-0.05, 0) is 44.0 Å². The molecule has 20 heavy (non-hydrogen) atoms. The Labute approximate surface area is 120 Å². The predicted molar refractivity (Wildman–Crippen MR) is 79.0 cm³/mol. The molecule has 0 heterocycles. The summed E-state index contributed by atoms with van der Waals surface area (Å²) < 4.78 is 10.3. The Hall–Kier alpha value is -1.71. The first-order valence-electron chi connectivity index (χ1n) is 7.31. The molecule has 110 valence electrons. The Morgan fingerprint density at radius 1 is 1.25 bits per heavy atom. The van der Waals surface area contributed by atoms with Crippen LogP contribution in [0, 0.1) is 5.92 Å². The Morgan fingerprint density at radius 3 is 2.60 bits per heavy atom. The summed E-state index contributed by atoms with van der Waals surface area (Å²) in [6.07, 6.45) is 4.18. The van der Waals surface area contributed by atoms with Crippen LogP contribution < -0.4 is 10.1 Å². The van der Waals surface area contributed by atoms with E-state index in [4.69, 9.17) is 9.47 Å². The van der Waals surface area contributed by atoms with E-state index in [1.807, 2.05) is 31.2 Å². The van der Waals surface area contributed by atoms with Crippen molar-refractivity contribution in [2.75, 3.05) is 19.0 Å². The van der Waals surface area contributed by atoms with Crippen LogP contribution in [-0.4, -0.2) is 25.7 Å². The van der Waals surface area contributed by atoms with Gasteiger partial charge in [0.15, 0.2) is 0 Å². The highest BCUT2D eigenvalue weighted by Crippen LogP contribution is 2.28. The summed E-state index contributed by atoms with van der Waals surface area (Å²) >= 11 is 0. The van der Waals surface area contributed by atoms with Gasteiger partial charge < -0.3 is 14.8 Å². The first-order valence-corrected chi connectivity index (χ1v) is 7.31. The van der Waals surface area contributed by atoms with Crippen molar-refractivity contribution in [2.45, 2.75) is 38.6 Å². The molecular weight excluding hydrogens is 254 g/mol. The van der Waals surface area contributed by atoms with Crippen LogP contribution in [0.15, 0.2) is 24.3 Å². The molecule has 1 aliphatic carbocycles. The molecule has 0 aliphatic heterocycles. The lowest BCUT2D eigenvalue weighted by molar-refractivity contribution is -0.149. The number of nitrogens with one attached hydrogen (secondary N) is 1. The number of rotatable bonds is 5. The topological polar surface area (TPSA) is 47.6 Å². The molecule has 2 rings (SSSR count). The zero-order chi connectivity index (χ0) is 14.4. The predicted octanol–water partition coefficient (Wildman–Crippen LogP) is 3.23. The van der Waals surface area contributed by atoms with E-state index in [0.717, 1.165) is 37.1 Å². The number of carbonyl (C=O) groups is 1. The third-order valence-corrected chi connectivity index (χ3v) is 3.80. The molecular formula is C16H23NO3. The second-order valence-electron chi connectivity index (χ2n) is 5.12. The van der Waals surface area contributed by atoms with E-state index in [2.05, 4.69) is 5.32 Å². The van der Waals surface area contributed by atoms with E-state index < -0.39 is 0 Å². The van der Waals surface area contributed by atoms with Gasteiger partial charge >= 0.3 is 5.97 Å². The molecule has 0 aromatic heterocycles. The van der Waals surface area contributed by atoms with Crippen LogP contribution in [0.25, 0.3) is 0 Å². The average Bonchev–Trinajstić information content (AvgIpc) is 2.49. The summed E-state index contributed by atoms with van der Waals surface area (Å²) in [6.45, 7) is 2.30. The van der Waals surface area contributed by atoms with Crippen LogP contribution in [0.5, 0.6) is 5.75 Å². The number of benzene rings is 1. The van der Waals surface area contributed by atoms with Crippen LogP contribution in [0.3, 0.4) is 0 Å². The molecule has 0 amide bonds. The van der Waals surface area contributed by atoms with Gasteiger partial charge in [-0.1, -0.05) is 12.8 Å². The smallest absolute Gasteiger partial charge is 0.311 e. The van der Waals surface area contributed by atoms with Crippen molar-refractivity contribution in [3.8, 4) is 5.75 Å². The van der Waals surface area contributed by atoms with Crippen molar-refractivity contribution >= 4 is 11.7 Å². The Balaban J connectivity index is 2.02. The van der Waals surface area contributed by atoms with E-state index in [9.17, 15) is 4.79 Å². The Morgan fingerprint density at radius 2 is 1.95 bits per heavy atom. The molecule has 1 saturated carbocycles. The van der Waals surface area contributed by atoms with E-state index >= 15 is 0 Å². The van der Waals surface area contributed by atoms with Crippen LogP contribution in [0.2, 0.25) is 0 Å². The minimum atomic E-state index is -0.0711. The molecule has 0 bridgehead atoms. The molecule has 4 nitrogen and oxygen atoms in total. The number of anilines is 1. The second-order valence-corrected chi connectivity index (χ2v) is 5.12. The molecule has 2 atom stereocenters. The van der Waals surface area contributed by atoms with E-state index in [0.29, 0.717) is 6.61 Å². The number of hydrogen-bond acceptors (Lipinski definition) is 4. The fourth-order valence-corrected chi connectivity index (χ4v) is 2.74. The SMILES string of the molecule is CCOC(=O)C1CCCCC1Nc1ccc(OC)cc1. The van der Waals surface area contributed by atoms with Crippen molar-refractivity contribution in [1.82, 2.24) is 0 Å². The van der Waals surface area contributed by atoms with Crippen LogP contribution in [0.1, 0.15) is 32.6 Å². The molecule has 0 saturated heterocycles. The lowest BCUT2D eigenvalue weighted by Crippen LogP contribution is -2.38. The van der Waals surface area contributed by atoms with Gasteiger partial charge in [0, 0.05) is 11.7 Å². The van der Waals surface area contributed by atoms with E-state index in [1.165, 1.54) is 0 Å². The highest BCUT2D eigenvalue weighted by Gasteiger charge is 2.31.